The Morgan fingerprint density at radius 2 is 1.88 bits per heavy atom. The maximum Gasteiger partial charge on any atom is 0.290 e. The van der Waals surface area contributed by atoms with E-state index in [1.165, 1.54) is 12.1 Å². The molecule has 0 fully saturated rings. The average molecular weight is 370 g/mol. The van der Waals surface area contributed by atoms with Crippen LogP contribution < -0.4 is 4.74 Å². The van der Waals surface area contributed by atoms with E-state index < -0.39 is 4.92 Å². The normalized spacial score (nSPS) is 11.0. The molecule has 1 aromatic heterocycles. The molecule has 26 heavy (non-hydrogen) atoms. The Balaban J connectivity index is 1.95. The first-order chi connectivity index (χ1) is 12.5. The van der Waals surface area contributed by atoms with Crippen molar-refractivity contribution < 1.29 is 9.66 Å². The molecule has 1 heterocycles. The number of aryl methyl sites for hydroxylation is 1. The third-order valence-corrected chi connectivity index (χ3v) is 4.23. The smallest absolute Gasteiger partial charge is 0.290 e. The van der Waals surface area contributed by atoms with Gasteiger partial charge in [0.1, 0.15) is 10.8 Å². The Bertz CT molecular complexity index is 978. The van der Waals surface area contributed by atoms with Gasteiger partial charge in [-0.1, -0.05) is 11.6 Å². The summed E-state index contributed by atoms with van der Waals surface area (Å²) in [5, 5.41) is 11.1. The van der Waals surface area contributed by atoms with Crippen molar-refractivity contribution in [3.63, 3.8) is 0 Å². The average Bonchev–Trinajstić information content (AvgIpc) is 3.01. The molecular weight excluding hydrogens is 354 g/mol. The molecule has 132 valence electrons. The summed E-state index contributed by atoms with van der Waals surface area (Å²) in [6.45, 7) is 1.99. The van der Waals surface area contributed by atoms with Crippen LogP contribution in [-0.4, -0.2) is 22.8 Å². The number of methoxy groups -OCH3 is 1. The number of benzene rings is 2. The largest absolute Gasteiger partial charge is 0.497 e. The number of nitro benzene ring substituents is 1. The second-order valence-electron chi connectivity index (χ2n) is 5.58. The molecule has 0 amide bonds. The summed E-state index contributed by atoms with van der Waals surface area (Å²) in [5.41, 5.74) is 3.16. The van der Waals surface area contributed by atoms with Crippen molar-refractivity contribution in [3.05, 3.63) is 81.1 Å². The molecular formula is C19H16ClN3O3. The summed E-state index contributed by atoms with van der Waals surface area (Å²) in [6.07, 6.45) is 1.67. The molecule has 0 bridgehead atoms. The van der Waals surface area contributed by atoms with Gasteiger partial charge in [0.05, 0.1) is 29.6 Å². The van der Waals surface area contributed by atoms with E-state index in [0.717, 1.165) is 22.8 Å². The van der Waals surface area contributed by atoms with E-state index in [-0.39, 0.29) is 10.7 Å². The van der Waals surface area contributed by atoms with Crippen LogP contribution in [0.25, 0.3) is 5.69 Å². The zero-order valence-electron chi connectivity index (χ0n) is 14.2. The van der Waals surface area contributed by atoms with Crippen LogP contribution in [-0.2, 0) is 0 Å². The van der Waals surface area contributed by atoms with Crippen molar-refractivity contribution in [1.82, 2.24) is 4.57 Å². The summed E-state index contributed by atoms with van der Waals surface area (Å²) in [5.74, 6) is 0.780. The van der Waals surface area contributed by atoms with Crippen LogP contribution >= 0.6 is 11.6 Å². The number of ether oxygens (including phenoxy) is 1. The van der Waals surface area contributed by atoms with Gasteiger partial charge in [0.25, 0.3) is 5.69 Å². The van der Waals surface area contributed by atoms with Gasteiger partial charge in [-0.05, 0) is 55.5 Å². The molecule has 0 saturated heterocycles. The lowest BCUT2D eigenvalue weighted by atomic mass is 10.2. The minimum absolute atomic E-state index is 0.0893. The molecule has 0 spiro atoms. The van der Waals surface area contributed by atoms with Crippen molar-refractivity contribution in [2.45, 2.75) is 6.92 Å². The Morgan fingerprint density at radius 3 is 2.54 bits per heavy atom. The molecule has 2 aromatic carbocycles. The second kappa shape index (κ2) is 7.41. The summed E-state index contributed by atoms with van der Waals surface area (Å²) in [6, 6.07) is 16.1. The lowest BCUT2D eigenvalue weighted by molar-refractivity contribution is -0.384. The molecule has 7 heteroatoms. The first-order valence-corrected chi connectivity index (χ1v) is 8.18. The summed E-state index contributed by atoms with van der Waals surface area (Å²) in [4.78, 5) is 14.8. The van der Waals surface area contributed by atoms with Gasteiger partial charge in [-0.2, -0.15) is 0 Å². The van der Waals surface area contributed by atoms with E-state index in [9.17, 15) is 10.1 Å². The molecule has 6 nitrogen and oxygen atoms in total. The van der Waals surface area contributed by atoms with Gasteiger partial charge >= 0.3 is 0 Å². The van der Waals surface area contributed by atoms with Gasteiger partial charge in [0.15, 0.2) is 0 Å². The highest BCUT2D eigenvalue weighted by molar-refractivity contribution is 6.32. The Hall–Kier alpha value is -3.12. The molecule has 0 saturated carbocycles. The Labute approximate surface area is 155 Å². The molecule has 0 aliphatic carbocycles. The van der Waals surface area contributed by atoms with Crippen LogP contribution in [0.2, 0.25) is 5.02 Å². The summed E-state index contributed by atoms with van der Waals surface area (Å²) in [7, 11) is 1.62. The Morgan fingerprint density at radius 1 is 1.15 bits per heavy atom. The van der Waals surface area contributed by atoms with Crippen molar-refractivity contribution >= 4 is 29.2 Å². The maximum atomic E-state index is 11.0. The zero-order valence-corrected chi connectivity index (χ0v) is 15.0. The first kappa shape index (κ1) is 17.7. The molecule has 0 atom stereocenters. The van der Waals surface area contributed by atoms with E-state index in [0.29, 0.717) is 5.69 Å². The van der Waals surface area contributed by atoms with Crippen LogP contribution in [0.3, 0.4) is 0 Å². The Kier molecular flexibility index (Phi) is 5.04. The van der Waals surface area contributed by atoms with Crippen LogP contribution in [0.4, 0.5) is 11.4 Å². The molecule has 0 N–H and O–H groups in total. The third kappa shape index (κ3) is 3.60. The first-order valence-electron chi connectivity index (χ1n) is 7.80. The van der Waals surface area contributed by atoms with Gasteiger partial charge < -0.3 is 9.30 Å². The fraction of sp³-hybridized carbons (Fsp3) is 0.105. The topological polar surface area (TPSA) is 69.7 Å². The summed E-state index contributed by atoms with van der Waals surface area (Å²) >= 11 is 5.83. The van der Waals surface area contributed by atoms with E-state index in [4.69, 9.17) is 16.3 Å². The number of nitrogens with zero attached hydrogens (tertiary/aromatic N) is 3. The highest BCUT2D eigenvalue weighted by atomic mass is 35.5. The van der Waals surface area contributed by atoms with Gasteiger partial charge in [-0.3, -0.25) is 15.1 Å². The van der Waals surface area contributed by atoms with Crippen LogP contribution in [0, 0.1) is 17.0 Å². The number of rotatable bonds is 5. The number of hydrogen-bond acceptors (Lipinski definition) is 4. The van der Waals surface area contributed by atoms with E-state index in [2.05, 4.69) is 4.99 Å². The molecule has 3 rings (SSSR count). The molecule has 0 radical (unpaired) electrons. The number of hydrogen-bond donors (Lipinski definition) is 0. The number of nitro groups is 1. The van der Waals surface area contributed by atoms with E-state index in [1.807, 2.05) is 47.9 Å². The third-order valence-electron chi connectivity index (χ3n) is 3.91. The predicted molar refractivity (Wildman–Crippen MR) is 102 cm³/mol. The monoisotopic (exact) mass is 369 g/mol. The maximum absolute atomic E-state index is 11.0. The molecule has 0 aliphatic heterocycles. The number of aliphatic imine (C=N–C) groups is 1. The van der Waals surface area contributed by atoms with Crippen molar-refractivity contribution in [2.24, 2.45) is 4.99 Å². The zero-order chi connectivity index (χ0) is 18.7. The van der Waals surface area contributed by atoms with E-state index >= 15 is 0 Å². The van der Waals surface area contributed by atoms with Crippen molar-refractivity contribution in [2.75, 3.05) is 7.11 Å². The van der Waals surface area contributed by atoms with Gasteiger partial charge in [-0.15, -0.1) is 0 Å². The SMILES string of the molecule is COc1ccc(-n2c(C)ccc2C=Nc2ccc(Cl)c([N+](=O)[O-])c2)cc1. The van der Waals surface area contributed by atoms with E-state index in [1.54, 1.807) is 19.4 Å². The number of halogens is 1. The number of aromatic nitrogens is 1. The lowest BCUT2D eigenvalue weighted by Gasteiger charge is -2.10. The molecule has 3 aromatic rings. The van der Waals surface area contributed by atoms with Gasteiger partial charge in [-0.25, -0.2) is 0 Å². The minimum atomic E-state index is -0.522. The van der Waals surface area contributed by atoms with Crippen LogP contribution in [0.15, 0.2) is 59.6 Å². The highest BCUT2D eigenvalue weighted by Crippen LogP contribution is 2.29. The fourth-order valence-electron chi connectivity index (χ4n) is 2.61. The molecule has 0 aliphatic rings. The second-order valence-corrected chi connectivity index (χ2v) is 5.99. The fourth-order valence-corrected chi connectivity index (χ4v) is 2.79. The van der Waals surface area contributed by atoms with Gasteiger partial charge in [0.2, 0.25) is 0 Å². The highest BCUT2D eigenvalue weighted by Gasteiger charge is 2.12. The van der Waals surface area contributed by atoms with Crippen molar-refractivity contribution in [3.8, 4) is 11.4 Å². The van der Waals surface area contributed by atoms with Crippen LogP contribution in [0.5, 0.6) is 5.75 Å². The lowest BCUT2D eigenvalue weighted by Crippen LogP contribution is -2.01. The predicted octanol–water partition coefficient (Wildman–Crippen LogP) is 5.11. The quantitative estimate of drug-likeness (QED) is 0.356. The van der Waals surface area contributed by atoms with Crippen LogP contribution in [0.1, 0.15) is 11.4 Å². The minimum Gasteiger partial charge on any atom is -0.497 e. The van der Waals surface area contributed by atoms with Gasteiger partial charge in [0, 0.05) is 17.4 Å². The standard InChI is InChI=1S/C19H16ClN3O3/c1-13-3-5-16(22(13)15-6-8-17(26-2)9-7-15)12-21-14-4-10-18(20)19(11-14)23(24)25/h3-12H,1-2H3. The van der Waals surface area contributed by atoms with Crippen molar-refractivity contribution in [1.29, 1.82) is 0 Å². The summed E-state index contributed by atoms with van der Waals surface area (Å²) < 4.78 is 7.23. The molecule has 0 unspecified atom stereocenters.